The Morgan fingerprint density at radius 3 is 2.14 bits per heavy atom. The summed E-state index contributed by atoms with van der Waals surface area (Å²) in [4.78, 5) is 11.8. The summed E-state index contributed by atoms with van der Waals surface area (Å²) in [6.45, 7) is 5.56. The first kappa shape index (κ1) is 16.1. The van der Waals surface area contributed by atoms with E-state index in [0.29, 0.717) is 12.4 Å². The smallest absolute Gasteiger partial charge is 0.349 e. The molecule has 3 heteroatoms. The normalized spacial score (nSPS) is 11.0. The zero-order chi connectivity index (χ0) is 16.0. The summed E-state index contributed by atoms with van der Waals surface area (Å²) in [7, 11) is 0. The minimum Gasteiger partial charge on any atom is -0.476 e. The molecule has 0 N–H and O–H groups in total. The zero-order valence-electron chi connectivity index (χ0n) is 13.3. The van der Waals surface area contributed by atoms with Gasteiger partial charge in [-0.05, 0) is 50.5 Å². The van der Waals surface area contributed by atoms with Gasteiger partial charge in [0.15, 0.2) is 5.60 Å². The Kier molecular flexibility index (Phi) is 5.21. The van der Waals surface area contributed by atoms with Crippen LogP contribution in [0.5, 0.6) is 5.75 Å². The van der Waals surface area contributed by atoms with Crippen molar-refractivity contribution in [3.8, 4) is 5.75 Å². The maximum absolute atomic E-state index is 11.8. The number of carbonyl (C=O) groups is 1. The maximum atomic E-state index is 11.8. The molecule has 0 aliphatic rings. The summed E-state index contributed by atoms with van der Waals surface area (Å²) in [6.07, 6.45) is 0.877. The Morgan fingerprint density at radius 2 is 1.55 bits per heavy atom. The van der Waals surface area contributed by atoms with E-state index in [-0.39, 0.29) is 5.97 Å². The fourth-order valence-electron chi connectivity index (χ4n) is 2.15. The molecule has 2 aromatic carbocycles. The van der Waals surface area contributed by atoms with Gasteiger partial charge in [0.05, 0.1) is 6.61 Å². The van der Waals surface area contributed by atoms with Gasteiger partial charge in [-0.2, -0.15) is 0 Å². The molecule has 22 heavy (non-hydrogen) atoms. The van der Waals surface area contributed by atoms with Crippen molar-refractivity contribution >= 4 is 5.97 Å². The molecule has 0 aliphatic heterocycles. The number of rotatable bonds is 6. The van der Waals surface area contributed by atoms with Gasteiger partial charge in [-0.1, -0.05) is 42.5 Å². The molecule has 0 aromatic heterocycles. The molecule has 3 nitrogen and oxygen atoms in total. The summed E-state index contributed by atoms with van der Waals surface area (Å²) in [6, 6.07) is 18.1. The van der Waals surface area contributed by atoms with Gasteiger partial charge in [-0.15, -0.1) is 0 Å². The van der Waals surface area contributed by atoms with Crippen LogP contribution in [0.4, 0.5) is 0 Å². The number of ether oxygens (including phenoxy) is 2. The first-order valence-corrected chi connectivity index (χ1v) is 7.50. The van der Waals surface area contributed by atoms with Gasteiger partial charge in [-0.3, -0.25) is 0 Å². The van der Waals surface area contributed by atoms with Gasteiger partial charge < -0.3 is 9.47 Å². The van der Waals surface area contributed by atoms with Gasteiger partial charge in [0.2, 0.25) is 0 Å². The van der Waals surface area contributed by atoms with Crippen LogP contribution in [0.15, 0.2) is 54.6 Å². The Balaban J connectivity index is 2.01. The van der Waals surface area contributed by atoms with Crippen LogP contribution in [0.3, 0.4) is 0 Å². The van der Waals surface area contributed by atoms with Crippen LogP contribution in [0, 0.1) is 0 Å². The van der Waals surface area contributed by atoms with E-state index in [1.165, 1.54) is 11.1 Å². The Labute approximate surface area is 131 Å². The molecule has 0 saturated carbocycles. The molecule has 2 aromatic rings. The predicted molar refractivity (Wildman–Crippen MR) is 87.0 cm³/mol. The molecular weight excluding hydrogens is 276 g/mol. The lowest BCUT2D eigenvalue weighted by molar-refractivity contribution is -0.158. The summed E-state index contributed by atoms with van der Waals surface area (Å²) in [5.41, 5.74) is 1.48. The van der Waals surface area contributed by atoms with Crippen molar-refractivity contribution in [2.75, 3.05) is 6.61 Å². The van der Waals surface area contributed by atoms with Crippen molar-refractivity contribution < 1.29 is 14.3 Å². The van der Waals surface area contributed by atoms with Crippen molar-refractivity contribution in [1.29, 1.82) is 0 Å². The van der Waals surface area contributed by atoms with Crippen LogP contribution < -0.4 is 4.74 Å². The van der Waals surface area contributed by atoms with Gasteiger partial charge in [0, 0.05) is 0 Å². The number of carbonyl (C=O) groups excluding carboxylic acids is 1. The van der Waals surface area contributed by atoms with Crippen LogP contribution in [0.1, 0.15) is 31.9 Å². The van der Waals surface area contributed by atoms with Crippen molar-refractivity contribution in [1.82, 2.24) is 0 Å². The van der Waals surface area contributed by atoms with Gasteiger partial charge >= 0.3 is 5.97 Å². The highest BCUT2D eigenvalue weighted by Gasteiger charge is 2.31. The van der Waals surface area contributed by atoms with E-state index in [2.05, 4.69) is 12.1 Å². The van der Waals surface area contributed by atoms with Crippen molar-refractivity contribution in [3.05, 3.63) is 65.7 Å². The lowest BCUT2D eigenvalue weighted by Gasteiger charge is -2.24. The highest BCUT2D eigenvalue weighted by molar-refractivity contribution is 5.79. The van der Waals surface area contributed by atoms with E-state index < -0.39 is 5.60 Å². The summed E-state index contributed by atoms with van der Waals surface area (Å²) in [5.74, 6) is 0.304. The quantitative estimate of drug-likeness (QED) is 0.756. The predicted octanol–water partition coefficient (Wildman–Crippen LogP) is 4.00. The third kappa shape index (κ3) is 4.35. The topological polar surface area (TPSA) is 35.5 Å². The highest BCUT2D eigenvalue weighted by Crippen LogP contribution is 2.21. The number of esters is 1. The lowest BCUT2D eigenvalue weighted by atomic mass is 10.0. The van der Waals surface area contributed by atoms with E-state index in [1.807, 2.05) is 42.5 Å². The van der Waals surface area contributed by atoms with Crippen LogP contribution in [-0.2, 0) is 16.0 Å². The molecule has 0 bridgehead atoms. The van der Waals surface area contributed by atoms with Crippen molar-refractivity contribution in [3.63, 3.8) is 0 Å². The van der Waals surface area contributed by atoms with E-state index >= 15 is 0 Å². The van der Waals surface area contributed by atoms with E-state index in [9.17, 15) is 4.79 Å². The van der Waals surface area contributed by atoms with Crippen LogP contribution >= 0.6 is 0 Å². The minimum absolute atomic E-state index is 0.349. The molecule has 0 amide bonds. The zero-order valence-corrected chi connectivity index (χ0v) is 13.3. The standard InChI is InChI=1S/C19H22O3/c1-4-21-18(20)19(2,3)22-17-12-10-16(11-13-17)14-15-8-6-5-7-9-15/h5-13H,4,14H2,1-3H3. The van der Waals surface area contributed by atoms with Crippen LogP contribution in [-0.4, -0.2) is 18.2 Å². The molecule has 116 valence electrons. The second kappa shape index (κ2) is 7.12. The van der Waals surface area contributed by atoms with Gasteiger partial charge in [-0.25, -0.2) is 4.79 Å². The molecule has 0 aliphatic carbocycles. The van der Waals surface area contributed by atoms with Gasteiger partial charge in [0.25, 0.3) is 0 Å². The Hall–Kier alpha value is -2.29. The SMILES string of the molecule is CCOC(=O)C(C)(C)Oc1ccc(Cc2ccccc2)cc1. The Morgan fingerprint density at radius 1 is 0.955 bits per heavy atom. The molecule has 2 rings (SSSR count). The number of benzene rings is 2. The van der Waals surface area contributed by atoms with Crippen LogP contribution in [0.25, 0.3) is 0 Å². The fourth-order valence-corrected chi connectivity index (χ4v) is 2.15. The summed E-state index contributed by atoms with van der Waals surface area (Å²) in [5, 5.41) is 0. The number of hydrogen-bond acceptors (Lipinski definition) is 3. The Bertz CT molecular complexity index is 600. The largest absolute Gasteiger partial charge is 0.476 e. The first-order chi connectivity index (χ1) is 10.5. The molecule has 0 atom stereocenters. The van der Waals surface area contributed by atoms with Crippen LogP contribution in [0.2, 0.25) is 0 Å². The third-order valence-corrected chi connectivity index (χ3v) is 3.31. The fraction of sp³-hybridized carbons (Fsp3) is 0.316. The molecular formula is C19H22O3. The molecule has 0 unspecified atom stereocenters. The molecule has 0 heterocycles. The highest BCUT2D eigenvalue weighted by atomic mass is 16.6. The second-order valence-electron chi connectivity index (χ2n) is 5.64. The second-order valence-corrected chi connectivity index (χ2v) is 5.64. The molecule has 0 fully saturated rings. The minimum atomic E-state index is -0.989. The summed E-state index contributed by atoms with van der Waals surface area (Å²) >= 11 is 0. The maximum Gasteiger partial charge on any atom is 0.349 e. The first-order valence-electron chi connectivity index (χ1n) is 7.50. The van der Waals surface area contributed by atoms with E-state index in [1.54, 1.807) is 20.8 Å². The van der Waals surface area contributed by atoms with Gasteiger partial charge in [0.1, 0.15) is 5.75 Å². The monoisotopic (exact) mass is 298 g/mol. The average Bonchev–Trinajstić information content (AvgIpc) is 2.50. The molecule has 0 saturated heterocycles. The lowest BCUT2D eigenvalue weighted by Crippen LogP contribution is -2.39. The van der Waals surface area contributed by atoms with E-state index in [4.69, 9.17) is 9.47 Å². The average molecular weight is 298 g/mol. The third-order valence-electron chi connectivity index (χ3n) is 3.31. The summed E-state index contributed by atoms with van der Waals surface area (Å²) < 4.78 is 10.8. The van der Waals surface area contributed by atoms with Crippen molar-refractivity contribution in [2.24, 2.45) is 0 Å². The molecule has 0 spiro atoms. The molecule has 0 radical (unpaired) electrons. The number of hydrogen-bond donors (Lipinski definition) is 0. The van der Waals surface area contributed by atoms with Crippen molar-refractivity contribution in [2.45, 2.75) is 32.8 Å². The van der Waals surface area contributed by atoms with E-state index in [0.717, 1.165) is 6.42 Å².